The lowest BCUT2D eigenvalue weighted by atomic mass is 10.1. The van der Waals surface area contributed by atoms with Gasteiger partial charge in [-0.05, 0) is 36.2 Å². The molecule has 3 heteroatoms. The van der Waals surface area contributed by atoms with Gasteiger partial charge in [0.2, 0.25) is 0 Å². The molecule has 1 aromatic heterocycles. The fraction of sp³-hybridized carbons (Fsp3) is 0.174. The van der Waals surface area contributed by atoms with Crippen molar-refractivity contribution in [3.8, 4) is 5.75 Å². The normalized spacial score (nSPS) is 11.0. The predicted octanol–water partition coefficient (Wildman–Crippen LogP) is 4.43. The Bertz CT molecular complexity index is 1010. The Kier molecular flexibility index (Phi) is 4.69. The first kappa shape index (κ1) is 16.4. The first-order valence-electron chi connectivity index (χ1n) is 9.03. The van der Waals surface area contributed by atoms with Gasteiger partial charge in [0.1, 0.15) is 18.9 Å². The Labute approximate surface area is 153 Å². The Morgan fingerprint density at radius 3 is 2.42 bits per heavy atom. The second-order valence-corrected chi connectivity index (χ2v) is 6.52. The Morgan fingerprint density at radius 1 is 0.846 bits per heavy atom. The summed E-state index contributed by atoms with van der Waals surface area (Å²) in [6.07, 6.45) is 0.875. The number of imidazole rings is 1. The van der Waals surface area contributed by atoms with Crippen molar-refractivity contribution in [2.75, 3.05) is 6.61 Å². The molecule has 4 rings (SSSR count). The molecule has 0 saturated heterocycles. The SMILES string of the molecule is Cc1ccccc1OCC[n+]1c(Cc2ccccc2)[nH]c2ccccc21. The smallest absolute Gasteiger partial charge is 0.259 e. The van der Waals surface area contributed by atoms with Crippen molar-refractivity contribution in [3.05, 3.63) is 95.8 Å². The van der Waals surface area contributed by atoms with Crippen molar-refractivity contribution in [2.24, 2.45) is 0 Å². The molecular weight excluding hydrogens is 320 g/mol. The van der Waals surface area contributed by atoms with Gasteiger partial charge in [-0.25, -0.2) is 9.55 Å². The van der Waals surface area contributed by atoms with E-state index in [1.54, 1.807) is 0 Å². The van der Waals surface area contributed by atoms with Crippen LogP contribution in [0.3, 0.4) is 0 Å². The number of aryl methyl sites for hydroxylation is 1. The maximum absolute atomic E-state index is 6.03. The van der Waals surface area contributed by atoms with Crippen LogP contribution < -0.4 is 9.30 Å². The zero-order valence-corrected chi connectivity index (χ0v) is 15.0. The molecular formula is C23H23N2O+. The maximum atomic E-state index is 6.03. The summed E-state index contributed by atoms with van der Waals surface area (Å²) < 4.78 is 8.36. The molecule has 3 aromatic carbocycles. The Hall–Kier alpha value is -3.07. The molecule has 3 nitrogen and oxygen atoms in total. The molecule has 0 amide bonds. The lowest BCUT2D eigenvalue weighted by Crippen LogP contribution is -2.40. The van der Waals surface area contributed by atoms with Crippen molar-refractivity contribution in [3.63, 3.8) is 0 Å². The highest BCUT2D eigenvalue weighted by Gasteiger charge is 2.18. The van der Waals surface area contributed by atoms with E-state index in [1.165, 1.54) is 22.5 Å². The number of rotatable bonds is 6. The number of ether oxygens (including phenoxy) is 1. The third kappa shape index (κ3) is 3.47. The van der Waals surface area contributed by atoms with E-state index in [1.807, 2.05) is 18.2 Å². The van der Waals surface area contributed by atoms with Crippen LogP contribution in [0.1, 0.15) is 17.0 Å². The molecule has 130 valence electrons. The molecule has 0 bridgehead atoms. The van der Waals surface area contributed by atoms with Crippen LogP contribution in [0.5, 0.6) is 5.75 Å². The van der Waals surface area contributed by atoms with Crippen LogP contribution in [-0.2, 0) is 13.0 Å². The van der Waals surface area contributed by atoms with E-state index in [0.717, 1.165) is 24.2 Å². The third-order valence-electron chi connectivity index (χ3n) is 4.68. The van der Waals surface area contributed by atoms with Crippen LogP contribution in [0.25, 0.3) is 11.0 Å². The van der Waals surface area contributed by atoms with Gasteiger partial charge in [0.05, 0.1) is 6.42 Å². The number of hydrogen-bond acceptors (Lipinski definition) is 1. The van der Waals surface area contributed by atoms with E-state index in [4.69, 9.17) is 4.74 Å². The zero-order valence-electron chi connectivity index (χ0n) is 15.0. The van der Waals surface area contributed by atoms with Crippen LogP contribution in [0.2, 0.25) is 0 Å². The Morgan fingerprint density at radius 2 is 1.58 bits per heavy atom. The summed E-state index contributed by atoms with van der Waals surface area (Å²) in [5.41, 5.74) is 4.84. The van der Waals surface area contributed by atoms with Gasteiger partial charge in [0.15, 0.2) is 11.0 Å². The fourth-order valence-electron chi connectivity index (χ4n) is 3.33. The number of aromatic nitrogens is 2. The molecule has 0 aliphatic rings. The average Bonchev–Trinajstić information content (AvgIpc) is 3.01. The highest BCUT2D eigenvalue weighted by atomic mass is 16.5. The van der Waals surface area contributed by atoms with Gasteiger partial charge in [0.25, 0.3) is 5.82 Å². The number of para-hydroxylation sites is 3. The largest absolute Gasteiger partial charge is 0.489 e. The molecule has 0 spiro atoms. The summed E-state index contributed by atoms with van der Waals surface area (Å²) in [5.74, 6) is 2.16. The summed E-state index contributed by atoms with van der Waals surface area (Å²) in [7, 11) is 0. The van der Waals surface area contributed by atoms with E-state index >= 15 is 0 Å². The number of H-pyrrole nitrogens is 1. The van der Waals surface area contributed by atoms with Crippen molar-refractivity contribution in [1.29, 1.82) is 0 Å². The zero-order chi connectivity index (χ0) is 17.8. The minimum atomic E-state index is 0.638. The average molecular weight is 343 g/mol. The summed E-state index contributed by atoms with van der Waals surface area (Å²) >= 11 is 0. The van der Waals surface area contributed by atoms with E-state index in [0.29, 0.717) is 6.61 Å². The molecule has 0 saturated carbocycles. The van der Waals surface area contributed by atoms with Crippen LogP contribution in [0.15, 0.2) is 78.9 Å². The maximum Gasteiger partial charge on any atom is 0.259 e. The number of nitrogens with one attached hydrogen (secondary N) is 1. The molecule has 0 aliphatic heterocycles. The van der Waals surface area contributed by atoms with Crippen molar-refractivity contribution < 1.29 is 9.30 Å². The van der Waals surface area contributed by atoms with Gasteiger partial charge < -0.3 is 4.74 Å². The van der Waals surface area contributed by atoms with Crippen LogP contribution >= 0.6 is 0 Å². The number of nitrogens with zero attached hydrogens (tertiary/aromatic N) is 1. The first-order chi connectivity index (χ1) is 12.8. The van der Waals surface area contributed by atoms with Crippen molar-refractivity contribution in [1.82, 2.24) is 4.98 Å². The first-order valence-corrected chi connectivity index (χ1v) is 9.03. The molecule has 0 aliphatic carbocycles. The summed E-state index contributed by atoms with van der Waals surface area (Å²) in [5, 5.41) is 0. The van der Waals surface area contributed by atoms with Crippen molar-refractivity contribution in [2.45, 2.75) is 19.9 Å². The monoisotopic (exact) mass is 343 g/mol. The van der Waals surface area contributed by atoms with Gasteiger partial charge in [-0.2, -0.15) is 0 Å². The third-order valence-corrected chi connectivity index (χ3v) is 4.68. The van der Waals surface area contributed by atoms with E-state index in [-0.39, 0.29) is 0 Å². The lowest BCUT2D eigenvalue weighted by Gasteiger charge is -2.08. The molecule has 1 N–H and O–H groups in total. The van der Waals surface area contributed by atoms with Crippen LogP contribution in [0, 0.1) is 6.92 Å². The molecule has 0 fully saturated rings. The number of hydrogen-bond donors (Lipinski definition) is 1. The minimum Gasteiger partial charge on any atom is -0.489 e. The standard InChI is InChI=1S/C23H22N2O/c1-18-9-5-8-14-22(18)26-16-15-25-21-13-7-6-12-20(21)24-23(25)17-19-10-3-2-4-11-19/h2-14H,15-17H2,1H3/p+1. The van der Waals surface area contributed by atoms with Gasteiger partial charge >= 0.3 is 0 Å². The second kappa shape index (κ2) is 7.44. The summed E-state index contributed by atoms with van der Waals surface area (Å²) in [6, 6.07) is 27.2. The summed E-state index contributed by atoms with van der Waals surface area (Å²) in [4.78, 5) is 3.58. The number of aromatic amines is 1. The Balaban J connectivity index is 1.58. The number of fused-ring (bicyclic) bond motifs is 1. The van der Waals surface area contributed by atoms with E-state index in [2.05, 4.69) is 77.1 Å². The van der Waals surface area contributed by atoms with Crippen LogP contribution in [-0.4, -0.2) is 11.6 Å². The molecule has 0 atom stereocenters. The van der Waals surface area contributed by atoms with Gasteiger partial charge in [-0.3, -0.25) is 0 Å². The molecule has 0 radical (unpaired) electrons. The predicted molar refractivity (Wildman–Crippen MR) is 104 cm³/mol. The van der Waals surface area contributed by atoms with Gasteiger partial charge in [0, 0.05) is 0 Å². The highest BCUT2D eigenvalue weighted by Crippen LogP contribution is 2.16. The molecule has 4 aromatic rings. The number of benzene rings is 3. The second-order valence-electron chi connectivity index (χ2n) is 6.52. The summed E-state index contributed by atoms with van der Waals surface area (Å²) in [6.45, 7) is 3.52. The van der Waals surface area contributed by atoms with Crippen molar-refractivity contribution >= 4 is 11.0 Å². The molecule has 0 unspecified atom stereocenters. The van der Waals surface area contributed by atoms with Gasteiger partial charge in [-0.1, -0.05) is 60.7 Å². The molecule has 26 heavy (non-hydrogen) atoms. The van der Waals surface area contributed by atoms with E-state index in [9.17, 15) is 0 Å². The lowest BCUT2D eigenvalue weighted by molar-refractivity contribution is -0.679. The molecule has 1 heterocycles. The minimum absolute atomic E-state index is 0.638. The highest BCUT2D eigenvalue weighted by molar-refractivity contribution is 5.71. The topological polar surface area (TPSA) is 28.9 Å². The van der Waals surface area contributed by atoms with Crippen LogP contribution in [0.4, 0.5) is 0 Å². The fourth-order valence-corrected chi connectivity index (χ4v) is 3.33. The quantitative estimate of drug-likeness (QED) is 0.515. The van der Waals surface area contributed by atoms with Gasteiger partial charge in [-0.15, -0.1) is 0 Å². The van der Waals surface area contributed by atoms with E-state index < -0.39 is 0 Å².